The van der Waals surface area contributed by atoms with Crippen LogP contribution in [0.1, 0.15) is 239 Å². The Morgan fingerprint density at radius 3 is 1.28 bits per heavy atom. The summed E-state index contributed by atoms with van der Waals surface area (Å²) in [5.74, 6) is -1.11. The molecule has 6 atom stereocenters. The zero-order chi connectivity index (χ0) is 49.9. The lowest BCUT2D eigenvalue weighted by Crippen LogP contribution is -2.64. The van der Waals surface area contributed by atoms with E-state index in [0.717, 1.165) is 70.6 Å². The molecule has 13 nitrogen and oxygen atoms in total. The number of phosphoric ester groups is 1. The van der Waals surface area contributed by atoms with Crippen LogP contribution in [0.4, 0.5) is 0 Å². The predicted octanol–water partition coefficient (Wildman–Crippen LogP) is 12.1. The second kappa shape index (κ2) is 43.8. The summed E-state index contributed by atoms with van der Waals surface area (Å²) in [6.45, 7) is 3.21. The number of hydrogen-bond donors (Lipinski definition) is 6. The van der Waals surface area contributed by atoms with Crippen LogP contribution in [0.15, 0.2) is 36.5 Å². The van der Waals surface area contributed by atoms with Gasteiger partial charge in [0.2, 0.25) is 0 Å². The fourth-order valence-electron chi connectivity index (χ4n) is 8.42. The van der Waals surface area contributed by atoms with E-state index in [2.05, 4.69) is 50.3 Å². The number of aliphatic hydroxyl groups is 5. The molecule has 0 aromatic heterocycles. The topological polar surface area (TPSA) is 210 Å². The van der Waals surface area contributed by atoms with Gasteiger partial charge in [0.05, 0.1) is 6.61 Å². The van der Waals surface area contributed by atoms with Gasteiger partial charge in [-0.3, -0.25) is 18.6 Å². The molecule has 1 saturated carbocycles. The molecule has 398 valence electrons. The van der Waals surface area contributed by atoms with Crippen molar-refractivity contribution in [3.63, 3.8) is 0 Å². The van der Waals surface area contributed by atoms with Crippen molar-refractivity contribution in [2.75, 3.05) is 13.2 Å². The van der Waals surface area contributed by atoms with Gasteiger partial charge in [-0.25, -0.2) is 4.57 Å². The third-order valence-electron chi connectivity index (χ3n) is 12.7. The molecule has 68 heavy (non-hydrogen) atoms. The summed E-state index contributed by atoms with van der Waals surface area (Å²) in [5, 5.41) is 50.3. The summed E-state index contributed by atoms with van der Waals surface area (Å²) < 4.78 is 33.7. The van der Waals surface area contributed by atoms with E-state index in [9.17, 15) is 44.6 Å². The molecule has 0 aromatic rings. The highest BCUT2D eigenvalue weighted by Gasteiger charge is 2.51. The number of phosphoric acid groups is 1. The van der Waals surface area contributed by atoms with E-state index in [1.165, 1.54) is 128 Å². The smallest absolute Gasteiger partial charge is 0.462 e. The first-order chi connectivity index (χ1) is 32.9. The number of carbonyl (C=O) groups excluding carboxylic acids is 2. The zero-order valence-electron chi connectivity index (χ0n) is 42.7. The van der Waals surface area contributed by atoms with Crippen LogP contribution in [0.2, 0.25) is 0 Å². The third-order valence-corrected chi connectivity index (χ3v) is 13.7. The third kappa shape index (κ3) is 35.2. The van der Waals surface area contributed by atoms with E-state index in [0.29, 0.717) is 12.8 Å². The predicted molar refractivity (Wildman–Crippen MR) is 272 cm³/mol. The van der Waals surface area contributed by atoms with Crippen molar-refractivity contribution in [3.8, 4) is 0 Å². The molecule has 1 aliphatic carbocycles. The molecular weight excluding hydrogens is 888 g/mol. The van der Waals surface area contributed by atoms with Gasteiger partial charge in [0.1, 0.15) is 43.2 Å². The van der Waals surface area contributed by atoms with Crippen molar-refractivity contribution >= 4 is 19.8 Å². The normalized spacial score (nSPS) is 21.2. The molecule has 0 spiro atoms. The number of ether oxygens (including phenoxy) is 2. The number of allylic oxidation sites excluding steroid dienone is 6. The van der Waals surface area contributed by atoms with Crippen LogP contribution in [0.25, 0.3) is 0 Å². The van der Waals surface area contributed by atoms with Crippen molar-refractivity contribution < 1.29 is 63.1 Å². The molecule has 0 aromatic carbocycles. The van der Waals surface area contributed by atoms with E-state index < -0.39 is 75.7 Å². The molecule has 0 heterocycles. The van der Waals surface area contributed by atoms with Crippen LogP contribution in [0, 0.1) is 0 Å². The first-order valence-corrected chi connectivity index (χ1v) is 28.8. The molecule has 0 saturated heterocycles. The van der Waals surface area contributed by atoms with Gasteiger partial charge in [0.25, 0.3) is 0 Å². The SMILES string of the molecule is CC/C=C\C/C=C\C/C=C\CCCCCCCC(=O)OC(COC(=O)CCCCCCCCCCCCCCCCCCCCCCCCCC)COP(=O)(O)OC1C(O)C(O)C(O)C(O)C1O. The Morgan fingerprint density at radius 1 is 0.471 bits per heavy atom. The van der Waals surface area contributed by atoms with Crippen LogP contribution in [0.3, 0.4) is 0 Å². The standard InChI is InChI=1S/C54H99O13P/c1-3-5-7-9-11-13-15-17-19-20-21-22-23-24-25-26-27-29-30-32-34-36-38-40-42-47(55)64-44-46(45-65-68(62,63)67-54-52(60)50(58)49(57)51(59)53(54)61)66-48(56)43-41-39-37-35-33-31-28-18-16-14-12-10-8-6-4-2/h6,8,12,14,18,28,46,49-54,57-61H,3-5,7,9-11,13,15-17,19-27,29-45H2,1-2H3,(H,62,63)/b8-6-,14-12-,28-18-. The molecule has 0 radical (unpaired) electrons. The number of aliphatic hydroxyl groups excluding tert-OH is 5. The molecule has 14 heteroatoms. The Hall–Kier alpha value is -1.93. The van der Waals surface area contributed by atoms with Gasteiger partial charge in [-0.2, -0.15) is 0 Å². The number of esters is 2. The van der Waals surface area contributed by atoms with Crippen LogP contribution >= 0.6 is 7.82 Å². The van der Waals surface area contributed by atoms with E-state index in [1.807, 2.05) is 0 Å². The van der Waals surface area contributed by atoms with Crippen molar-refractivity contribution in [1.29, 1.82) is 0 Å². The maximum Gasteiger partial charge on any atom is 0.472 e. The fraction of sp³-hybridized carbons (Fsp3) is 0.852. The van der Waals surface area contributed by atoms with Gasteiger partial charge in [0.15, 0.2) is 6.10 Å². The monoisotopic (exact) mass is 987 g/mol. The van der Waals surface area contributed by atoms with E-state index in [-0.39, 0.29) is 12.8 Å². The largest absolute Gasteiger partial charge is 0.472 e. The van der Waals surface area contributed by atoms with Gasteiger partial charge < -0.3 is 39.9 Å². The number of carbonyl (C=O) groups is 2. The van der Waals surface area contributed by atoms with E-state index in [1.54, 1.807) is 0 Å². The van der Waals surface area contributed by atoms with Crippen LogP contribution in [-0.4, -0.2) is 98.3 Å². The van der Waals surface area contributed by atoms with Gasteiger partial charge in [0, 0.05) is 12.8 Å². The van der Waals surface area contributed by atoms with Crippen LogP contribution < -0.4 is 0 Å². The van der Waals surface area contributed by atoms with Crippen LogP contribution in [-0.2, 0) is 32.7 Å². The van der Waals surface area contributed by atoms with Gasteiger partial charge in [-0.05, 0) is 44.9 Å². The lowest BCUT2D eigenvalue weighted by molar-refractivity contribution is -0.220. The summed E-state index contributed by atoms with van der Waals surface area (Å²) in [7, 11) is -5.13. The molecule has 6 unspecified atom stereocenters. The van der Waals surface area contributed by atoms with Gasteiger partial charge in [-0.1, -0.05) is 217 Å². The Morgan fingerprint density at radius 2 is 0.838 bits per heavy atom. The second-order valence-corrected chi connectivity index (χ2v) is 20.5. The quantitative estimate of drug-likeness (QED) is 0.0145. The average molecular weight is 987 g/mol. The summed E-state index contributed by atoms with van der Waals surface area (Å²) >= 11 is 0. The lowest BCUT2D eigenvalue weighted by atomic mass is 9.85. The Kier molecular flexibility index (Phi) is 41.3. The fourth-order valence-corrected chi connectivity index (χ4v) is 9.39. The van der Waals surface area contributed by atoms with Gasteiger partial charge >= 0.3 is 19.8 Å². The summed E-state index contributed by atoms with van der Waals surface area (Å²) in [5.41, 5.74) is 0. The Bertz CT molecular complexity index is 1330. The molecule has 0 aliphatic heterocycles. The van der Waals surface area contributed by atoms with E-state index in [4.69, 9.17) is 18.5 Å². The zero-order valence-corrected chi connectivity index (χ0v) is 43.6. The summed E-state index contributed by atoms with van der Waals surface area (Å²) in [6, 6.07) is 0. The molecule has 0 bridgehead atoms. The first kappa shape index (κ1) is 64.1. The summed E-state index contributed by atoms with van der Waals surface area (Å²) in [6.07, 6.45) is 39.2. The van der Waals surface area contributed by atoms with Crippen molar-refractivity contribution in [2.24, 2.45) is 0 Å². The number of hydrogen-bond acceptors (Lipinski definition) is 12. The maximum absolute atomic E-state index is 12.9. The van der Waals surface area contributed by atoms with Crippen molar-refractivity contribution in [2.45, 2.75) is 281 Å². The molecule has 1 rings (SSSR count). The lowest BCUT2D eigenvalue weighted by Gasteiger charge is -2.41. The Labute approximate surface area is 412 Å². The molecule has 1 fully saturated rings. The number of unbranched alkanes of at least 4 members (excludes halogenated alkanes) is 28. The van der Waals surface area contributed by atoms with E-state index >= 15 is 0 Å². The molecule has 6 N–H and O–H groups in total. The van der Waals surface area contributed by atoms with Crippen molar-refractivity contribution in [3.05, 3.63) is 36.5 Å². The number of rotatable bonds is 46. The minimum absolute atomic E-state index is 0.0789. The minimum Gasteiger partial charge on any atom is -0.462 e. The minimum atomic E-state index is -5.13. The first-order valence-electron chi connectivity index (χ1n) is 27.3. The highest BCUT2D eigenvalue weighted by molar-refractivity contribution is 7.47. The Balaban J connectivity index is 2.32. The van der Waals surface area contributed by atoms with Crippen molar-refractivity contribution in [1.82, 2.24) is 0 Å². The van der Waals surface area contributed by atoms with Gasteiger partial charge in [-0.15, -0.1) is 0 Å². The maximum atomic E-state index is 12.9. The van der Waals surface area contributed by atoms with Crippen LogP contribution in [0.5, 0.6) is 0 Å². The highest BCUT2D eigenvalue weighted by Crippen LogP contribution is 2.47. The second-order valence-electron chi connectivity index (χ2n) is 19.1. The highest BCUT2D eigenvalue weighted by atomic mass is 31.2. The summed E-state index contributed by atoms with van der Waals surface area (Å²) in [4.78, 5) is 35.9. The molecule has 0 amide bonds. The molecular formula is C54H99O13P. The average Bonchev–Trinajstić information content (AvgIpc) is 3.32. The molecule has 1 aliphatic rings.